The van der Waals surface area contributed by atoms with Gasteiger partial charge in [-0.15, -0.1) is 11.3 Å². The van der Waals surface area contributed by atoms with Gasteiger partial charge in [0, 0.05) is 23.6 Å². The minimum atomic E-state index is -4.80. The normalized spacial score (nSPS) is 12.5. The van der Waals surface area contributed by atoms with E-state index in [1.165, 1.54) is 23.5 Å². The summed E-state index contributed by atoms with van der Waals surface area (Å²) in [6.45, 7) is 9.25. The Morgan fingerprint density at radius 1 is 0.950 bits per heavy atom. The Bertz CT molecular complexity index is 1640. The molecule has 0 amide bonds. The van der Waals surface area contributed by atoms with E-state index in [1.54, 1.807) is 26.1 Å². The number of anilines is 1. The van der Waals surface area contributed by atoms with Gasteiger partial charge in [0.1, 0.15) is 17.5 Å². The molecule has 2 heterocycles. The van der Waals surface area contributed by atoms with Gasteiger partial charge in [0.25, 0.3) is 10.0 Å². The third kappa shape index (κ3) is 6.51. The van der Waals surface area contributed by atoms with Crippen molar-refractivity contribution in [3.63, 3.8) is 0 Å². The fourth-order valence-electron chi connectivity index (χ4n) is 3.79. The number of thiazole rings is 1. The third-order valence-electron chi connectivity index (χ3n) is 5.85. The third-order valence-corrected chi connectivity index (χ3v) is 8.77. The zero-order valence-corrected chi connectivity index (χ0v) is 24.2. The molecule has 2 aromatic heterocycles. The summed E-state index contributed by atoms with van der Waals surface area (Å²) in [6.07, 6.45) is 2.42. The molecule has 0 fully saturated rings. The summed E-state index contributed by atoms with van der Waals surface area (Å²) in [4.78, 5) is 13.0. The van der Waals surface area contributed by atoms with Gasteiger partial charge in [-0.05, 0) is 50.6 Å². The summed E-state index contributed by atoms with van der Waals surface area (Å²) in [5.74, 6) is -3.08. The Labute approximate surface area is 235 Å². The van der Waals surface area contributed by atoms with Crippen LogP contribution in [0.5, 0.6) is 0 Å². The van der Waals surface area contributed by atoms with E-state index in [4.69, 9.17) is 4.98 Å². The molecule has 2 aromatic carbocycles. The number of benzene rings is 2. The van der Waals surface area contributed by atoms with E-state index in [1.807, 2.05) is 25.5 Å². The predicted molar refractivity (Wildman–Crippen MR) is 149 cm³/mol. The number of sulfonamides is 1. The van der Waals surface area contributed by atoms with Crippen molar-refractivity contribution < 1.29 is 26.7 Å². The molecule has 0 spiro atoms. The number of hydrogen-bond acceptors (Lipinski definition) is 7. The fourth-order valence-corrected chi connectivity index (χ4v) is 6.10. The lowest BCUT2D eigenvalue weighted by molar-refractivity contribution is 0.0708. The van der Waals surface area contributed by atoms with Crippen molar-refractivity contribution in [2.24, 2.45) is 0 Å². The topological polar surface area (TPSA) is 105 Å². The molecular weight excluding hydrogens is 561 g/mol. The van der Waals surface area contributed by atoms with Gasteiger partial charge in [-0.25, -0.2) is 36.5 Å². The molecule has 4 rings (SSSR count). The molecule has 212 valence electrons. The van der Waals surface area contributed by atoms with E-state index in [9.17, 15) is 22.3 Å². The number of nitrogens with one attached hydrogen (secondary N) is 1. The van der Waals surface area contributed by atoms with E-state index in [0.717, 1.165) is 24.3 Å². The first-order valence-electron chi connectivity index (χ1n) is 12.4. The number of aromatic nitrogens is 3. The molecule has 12 heteroatoms. The SMILES string of the molecule is CC(C)(O)CCc1nccc(-c2sc(C(C)(C)C)nc2-c2cccc(NS(=O)(=O)c3c(F)cccc3F)c2F)n1. The molecule has 2 N–H and O–H groups in total. The number of rotatable bonds is 8. The van der Waals surface area contributed by atoms with Crippen molar-refractivity contribution >= 4 is 27.0 Å². The van der Waals surface area contributed by atoms with Crippen LogP contribution in [0.25, 0.3) is 21.8 Å². The van der Waals surface area contributed by atoms with Gasteiger partial charge in [-0.2, -0.15) is 0 Å². The Balaban J connectivity index is 1.81. The van der Waals surface area contributed by atoms with Crippen molar-refractivity contribution in [1.82, 2.24) is 15.0 Å². The summed E-state index contributed by atoms with van der Waals surface area (Å²) in [5.41, 5.74) is -1.10. The second-order valence-corrected chi connectivity index (χ2v) is 13.6. The van der Waals surface area contributed by atoms with Gasteiger partial charge < -0.3 is 5.11 Å². The van der Waals surface area contributed by atoms with E-state index < -0.39 is 49.1 Å². The maximum absolute atomic E-state index is 15.9. The molecule has 0 aliphatic rings. The van der Waals surface area contributed by atoms with Crippen LogP contribution in [0, 0.1) is 17.5 Å². The molecule has 0 atom stereocenters. The van der Waals surface area contributed by atoms with Gasteiger partial charge in [0.15, 0.2) is 10.7 Å². The summed E-state index contributed by atoms with van der Waals surface area (Å²) in [7, 11) is -4.80. The smallest absolute Gasteiger partial charge is 0.267 e. The summed E-state index contributed by atoms with van der Waals surface area (Å²) in [6, 6.07) is 8.33. The average Bonchev–Trinajstić information content (AvgIpc) is 3.29. The lowest BCUT2D eigenvalue weighted by atomic mass is 9.98. The van der Waals surface area contributed by atoms with Crippen molar-refractivity contribution in [2.75, 3.05) is 4.72 Å². The molecule has 0 radical (unpaired) electrons. The van der Waals surface area contributed by atoms with Crippen molar-refractivity contribution in [3.8, 4) is 21.8 Å². The van der Waals surface area contributed by atoms with E-state index in [0.29, 0.717) is 34.2 Å². The van der Waals surface area contributed by atoms with Crippen LogP contribution in [0.15, 0.2) is 53.6 Å². The highest BCUT2D eigenvalue weighted by Gasteiger charge is 2.28. The fraction of sp³-hybridized carbons (Fsp3) is 0.321. The zero-order chi connectivity index (χ0) is 29.5. The lowest BCUT2D eigenvalue weighted by Gasteiger charge is -2.16. The number of aliphatic hydroxyl groups is 1. The number of aryl methyl sites for hydroxylation is 1. The van der Waals surface area contributed by atoms with E-state index in [2.05, 4.69) is 9.97 Å². The number of halogens is 3. The number of hydrogen-bond donors (Lipinski definition) is 2. The van der Waals surface area contributed by atoms with Crippen molar-refractivity contribution in [3.05, 3.63) is 76.9 Å². The Kier molecular flexibility index (Phi) is 8.08. The van der Waals surface area contributed by atoms with E-state index in [-0.39, 0.29) is 11.3 Å². The highest BCUT2D eigenvalue weighted by molar-refractivity contribution is 7.92. The first-order valence-corrected chi connectivity index (χ1v) is 14.7. The van der Waals surface area contributed by atoms with Crippen LogP contribution in [0.3, 0.4) is 0 Å². The summed E-state index contributed by atoms with van der Waals surface area (Å²) in [5, 5.41) is 10.8. The molecule has 0 unspecified atom stereocenters. The molecule has 7 nitrogen and oxygen atoms in total. The van der Waals surface area contributed by atoms with Gasteiger partial charge in [-0.3, -0.25) is 4.72 Å². The Morgan fingerprint density at radius 2 is 1.60 bits per heavy atom. The lowest BCUT2D eigenvalue weighted by Crippen LogP contribution is -2.19. The minimum Gasteiger partial charge on any atom is -0.390 e. The summed E-state index contributed by atoms with van der Waals surface area (Å²) >= 11 is 1.32. The highest BCUT2D eigenvalue weighted by Crippen LogP contribution is 2.42. The Morgan fingerprint density at radius 3 is 2.23 bits per heavy atom. The summed E-state index contributed by atoms with van der Waals surface area (Å²) < 4.78 is 72.0. The van der Waals surface area contributed by atoms with Crippen LogP contribution in [-0.4, -0.2) is 34.1 Å². The molecule has 0 saturated carbocycles. The van der Waals surface area contributed by atoms with Gasteiger partial charge >= 0.3 is 0 Å². The first kappa shape index (κ1) is 29.6. The Hall–Kier alpha value is -3.35. The van der Waals surface area contributed by atoms with Crippen LogP contribution in [0.4, 0.5) is 18.9 Å². The molecule has 4 aromatic rings. The second-order valence-electron chi connectivity index (χ2n) is 10.9. The maximum Gasteiger partial charge on any atom is 0.267 e. The van der Waals surface area contributed by atoms with E-state index >= 15 is 4.39 Å². The van der Waals surface area contributed by atoms with Gasteiger partial charge in [0.2, 0.25) is 0 Å². The molecule has 0 saturated heterocycles. The first-order chi connectivity index (χ1) is 18.6. The molecule has 40 heavy (non-hydrogen) atoms. The number of nitrogens with zero attached hydrogens (tertiary/aromatic N) is 3. The van der Waals surface area contributed by atoms with Crippen LogP contribution in [0.2, 0.25) is 0 Å². The molecule has 0 bridgehead atoms. The second kappa shape index (κ2) is 10.9. The monoisotopic (exact) mass is 590 g/mol. The highest BCUT2D eigenvalue weighted by atomic mass is 32.2. The average molecular weight is 591 g/mol. The quantitative estimate of drug-likeness (QED) is 0.243. The van der Waals surface area contributed by atoms with Crippen LogP contribution >= 0.6 is 11.3 Å². The zero-order valence-electron chi connectivity index (χ0n) is 22.6. The largest absolute Gasteiger partial charge is 0.390 e. The van der Waals surface area contributed by atoms with Gasteiger partial charge in [-0.1, -0.05) is 32.9 Å². The molecular formula is C28H29F3N4O3S2. The van der Waals surface area contributed by atoms with Gasteiger partial charge in [0.05, 0.1) is 32.6 Å². The molecule has 0 aliphatic heterocycles. The minimum absolute atomic E-state index is 0.0207. The molecule has 0 aliphatic carbocycles. The maximum atomic E-state index is 15.9. The van der Waals surface area contributed by atoms with Crippen LogP contribution < -0.4 is 4.72 Å². The van der Waals surface area contributed by atoms with Crippen LogP contribution in [-0.2, 0) is 21.9 Å². The van der Waals surface area contributed by atoms with Crippen molar-refractivity contribution in [2.45, 2.75) is 63.4 Å². The van der Waals surface area contributed by atoms with Crippen LogP contribution in [0.1, 0.15) is 51.9 Å². The standard InChI is InChI=1S/C28H29F3N4O3S2/c1-27(2,3)26-34-23(24(39-26)20-13-15-32-21(33-20)12-14-28(4,5)36)16-8-6-11-19(22(16)31)35-40(37,38)25-17(29)9-7-10-18(25)30/h6-11,13,15,35-36H,12,14H2,1-5H3. The predicted octanol–water partition coefficient (Wildman–Crippen LogP) is 6.49. The van der Waals surface area contributed by atoms with Crippen molar-refractivity contribution in [1.29, 1.82) is 0 Å².